The zero-order valence-electron chi connectivity index (χ0n) is 7.52. The van der Waals surface area contributed by atoms with Crippen LogP contribution in [0.4, 0.5) is 0 Å². The first-order chi connectivity index (χ1) is 5.43. The molecule has 66 valence electrons. The molecule has 1 heterocycles. The molecule has 1 aliphatic heterocycles. The van der Waals surface area contributed by atoms with Gasteiger partial charge in [-0.15, -0.1) is 0 Å². The van der Waals surface area contributed by atoms with Crippen molar-refractivity contribution in [2.45, 2.75) is 32.1 Å². The summed E-state index contributed by atoms with van der Waals surface area (Å²) in [5, 5.41) is 0. The SMILES string of the molecule is [NH3+]CCCN1CCCCCC1. The van der Waals surface area contributed by atoms with Crippen molar-refractivity contribution in [3.63, 3.8) is 0 Å². The zero-order valence-corrected chi connectivity index (χ0v) is 7.52. The summed E-state index contributed by atoms with van der Waals surface area (Å²) in [6.07, 6.45) is 7.00. The Labute approximate surface area is 69.8 Å². The number of hydrogen-bond acceptors (Lipinski definition) is 1. The summed E-state index contributed by atoms with van der Waals surface area (Å²) >= 11 is 0. The fourth-order valence-corrected chi connectivity index (χ4v) is 1.70. The van der Waals surface area contributed by atoms with Crippen LogP contribution in [-0.2, 0) is 0 Å². The van der Waals surface area contributed by atoms with Crippen molar-refractivity contribution in [3.05, 3.63) is 0 Å². The molecule has 1 fully saturated rings. The molecular weight excluding hydrogens is 136 g/mol. The molecular formula is C9H21N2+. The predicted octanol–water partition coefficient (Wildman–Crippen LogP) is 0.494. The minimum atomic E-state index is 1.09. The van der Waals surface area contributed by atoms with Gasteiger partial charge in [0.15, 0.2) is 0 Å². The van der Waals surface area contributed by atoms with Crippen molar-refractivity contribution in [2.24, 2.45) is 0 Å². The van der Waals surface area contributed by atoms with Crippen molar-refractivity contribution in [1.82, 2.24) is 4.90 Å². The molecule has 1 aliphatic rings. The largest absolute Gasteiger partial charge is 0.358 e. The third-order valence-corrected chi connectivity index (χ3v) is 2.42. The Morgan fingerprint density at radius 3 is 2.18 bits per heavy atom. The molecule has 0 saturated carbocycles. The molecule has 0 atom stereocenters. The maximum Gasteiger partial charge on any atom is 0.0752 e. The normalized spacial score (nSPS) is 21.5. The van der Waals surface area contributed by atoms with Crippen LogP contribution in [0.25, 0.3) is 0 Å². The first-order valence-corrected chi connectivity index (χ1v) is 4.95. The van der Waals surface area contributed by atoms with Gasteiger partial charge in [-0.05, 0) is 25.9 Å². The van der Waals surface area contributed by atoms with E-state index in [4.69, 9.17) is 0 Å². The van der Waals surface area contributed by atoms with Crippen LogP contribution in [0.3, 0.4) is 0 Å². The van der Waals surface area contributed by atoms with Gasteiger partial charge in [0, 0.05) is 13.0 Å². The summed E-state index contributed by atoms with van der Waals surface area (Å²) in [6.45, 7) is 5.04. The highest BCUT2D eigenvalue weighted by molar-refractivity contribution is 4.62. The van der Waals surface area contributed by atoms with Gasteiger partial charge in [-0.2, -0.15) is 0 Å². The summed E-state index contributed by atoms with van der Waals surface area (Å²) in [5.74, 6) is 0. The van der Waals surface area contributed by atoms with Crippen LogP contribution in [0.15, 0.2) is 0 Å². The van der Waals surface area contributed by atoms with Gasteiger partial charge < -0.3 is 10.6 Å². The smallest absolute Gasteiger partial charge is 0.0752 e. The van der Waals surface area contributed by atoms with Gasteiger partial charge in [0.1, 0.15) is 0 Å². The van der Waals surface area contributed by atoms with Crippen LogP contribution in [-0.4, -0.2) is 31.1 Å². The third kappa shape index (κ3) is 3.73. The van der Waals surface area contributed by atoms with Crippen molar-refractivity contribution in [1.29, 1.82) is 0 Å². The van der Waals surface area contributed by atoms with E-state index in [1.165, 1.54) is 51.7 Å². The maximum absolute atomic E-state index is 3.87. The third-order valence-electron chi connectivity index (χ3n) is 2.42. The molecule has 0 aromatic heterocycles. The minimum Gasteiger partial charge on any atom is -0.358 e. The molecule has 1 rings (SSSR count). The van der Waals surface area contributed by atoms with Gasteiger partial charge in [-0.25, -0.2) is 0 Å². The lowest BCUT2D eigenvalue weighted by atomic mass is 10.2. The molecule has 0 aromatic carbocycles. The summed E-state index contributed by atoms with van der Waals surface area (Å²) < 4.78 is 0. The number of hydrogen-bond donors (Lipinski definition) is 1. The highest BCUT2D eigenvalue weighted by atomic mass is 15.1. The van der Waals surface area contributed by atoms with Gasteiger partial charge in [-0.1, -0.05) is 12.8 Å². The van der Waals surface area contributed by atoms with Crippen molar-refractivity contribution in [3.8, 4) is 0 Å². The van der Waals surface area contributed by atoms with Gasteiger partial charge in [0.2, 0.25) is 0 Å². The van der Waals surface area contributed by atoms with E-state index in [-0.39, 0.29) is 0 Å². The monoisotopic (exact) mass is 157 g/mol. The second-order valence-electron chi connectivity index (χ2n) is 3.46. The molecule has 0 spiro atoms. The van der Waals surface area contributed by atoms with Gasteiger partial charge in [0.25, 0.3) is 0 Å². The first-order valence-electron chi connectivity index (χ1n) is 4.95. The summed E-state index contributed by atoms with van der Waals surface area (Å²) in [4.78, 5) is 2.60. The molecule has 0 unspecified atom stereocenters. The minimum absolute atomic E-state index is 1.09. The lowest BCUT2D eigenvalue weighted by Crippen LogP contribution is -2.51. The van der Waals surface area contributed by atoms with E-state index in [0.717, 1.165) is 6.54 Å². The molecule has 0 bridgehead atoms. The second kappa shape index (κ2) is 5.56. The lowest BCUT2D eigenvalue weighted by molar-refractivity contribution is -0.368. The fraction of sp³-hybridized carbons (Fsp3) is 1.00. The van der Waals surface area contributed by atoms with E-state index in [2.05, 4.69) is 10.6 Å². The van der Waals surface area contributed by atoms with Crippen LogP contribution >= 0.6 is 0 Å². The van der Waals surface area contributed by atoms with Crippen LogP contribution in [0, 0.1) is 0 Å². The summed E-state index contributed by atoms with van der Waals surface area (Å²) in [6, 6.07) is 0. The molecule has 1 saturated heterocycles. The van der Waals surface area contributed by atoms with Gasteiger partial charge >= 0.3 is 0 Å². The molecule has 0 aliphatic carbocycles. The molecule has 2 heteroatoms. The van der Waals surface area contributed by atoms with Crippen molar-refractivity contribution < 1.29 is 5.73 Å². The van der Waals surface area contributed by atoms with Gasteiger partial charge in [0.05, 0.1) is 6.54 Å². The average Bonchev–Trinajstić information content (AvgIpc) is 2.28. The molecule has 0 radical (unpaired) electrons. The first kappa shape index (κ1) is 9.01. The number of rotatable bonds is 3. The topological polar surface area (TPSA) is 30.9 Å². The Balaban J connectivity index is 2.09. The maximum atomic E-state index is 3.87. The molecule has 0 amide bonds. The lowest BCUT2D eigenvalue weighted by Gasteiger charge is -2.18. The van der Waals surface area contributed by atoms with E-state index < -0.39 is 0 Å². The predicted molar refractivity (Wildman–Crippen MR) is 47.3 cm³/mol. The van der Waals surface area contributed by atoms with E-state index in [0.29, 0.717) is 0 Å². The molecule has 2 nitrogen and oxygen atoms in total. The Kier molecular flexibility index (Phi) is 4.55. The summed E-state index contributed by atoms with van der Waals surface area (Å²) in [7, 11) is 0. The fourth-order valence-electron chi connectivity index (χ4n) is 1.70. The number of nitrogens with zero attached hydrogens (tertiary/aromatic N) is 1. The van der Waals surface area contributed by atoms with E-state index in [1.807, 2.05) is 0 Å². The van der Waals surface area contributed by atoms with Crippen LogP contribution in [0.2, 0.25) is 0 Å². The number of quaternary nitrogens is 1. The number of likely N-dealkylation sites (tertiary alicyclic amines) is 1. The second-order valence-corrected chi connectivity index (χ2v) is 3.46. The van der Waals surface area contributed by atoms with E-state index in [9.17, 15) is 0 Å². The van der Waals surface area contributed by atoms with Crippen LogP contribution in [0.1, 0.15) is 32.1 Å². The molecule has 11 heavy (non-hydrogen) atoms. The average molecular weight is 157 g/mol. The molecule has 0 aromatic rings. The van der Waals surface area contributed by atoms with E-state index >= 15 is 0 Å². The van der Waals surface area contributed by atoms with Crippen LogP contribution < -0.4 is 5.73 Å². The van der Waals surface area contributed by atoms with E-state index in [1.54, 1.807) is 0 Å². The molecule has 3 N–H and O–H groups in total. The zero-order chi connectivity index (χ0) is 7.94. The highest BCUT2D eigenvalue weighted by Gasteiger charge is 2.07. The Bertz CT molecular complexity index is 85.6. The standard InChI is InChI=1S/C9H20N2/c10-6-5-9-11-7-3-1-2-4-8-11/h1-10H2/p+1. The summed E-state index contributed by atoms with van der Waals surface area (Å²) in [5.41, 5.74) is 3.87. The quantitative estimate of drug-likeness (QED) is 0.635. The highest BCUT2D eigenvalue weighted by Crippen LogP contribution is 2.09. The Morgan fingerprint density at radius 1 is 1.00 bits per heavy atom. The van der Waals surface area contributed by atoms with Crippen LogP contribution in [0.5, 0.6) is 0 Å². The van der Waals surface area contributed by atoms with Crippen molar-refractivity contribution in [2.75, 3.05) is 26.2 Å². The van der Waals surface area contributed by atoms with Crippen molar-refractivity contribution >= 4 is 0 Å². The van der Waals surface area contributed by atoms with Gasteiger partial charge in [-0.3, -0.25) is 0 Å². The Hall–Kier alpha value is -0.0800. The Morgan fingerprint density at radius 2 is 1.64 bits per heavy atom.